The van der Waals surface area contributed by atoms with Crippen LogP contribution in [0.1, 0.15) is 28.9 Å². The molecule has 1 aliphatic rings. The molecule has 1 atom stereocenters. The molecule has 0 saturated carbocycles. The molecule has 1 aliphatic heterocycles. The summed E-state index contributed by atoms with van der Waals surface area (Å²) in [5, 5.41) is 5.30. The molecule has 1 aromatic rings. The van der Waals surface area contributed by atoms with Crippen molar-refractivity contribution in [3.63, 3.8) is 0 Å². The fourth-order valence-corrected chi connectivity index (χ4v) is 2.74. The number of rotatable bonds is 6. The summed E-state index contributed by atoms with van der Waals surface area (Å²) >= 11 is 1.48. The lowest BCUT2D eigenvalue weighted by Gasteiger charge is -2.22. The van der Waals surface area contributed by atoms with Crippen LogP contribution in [0.25, 0.3) is 0 Å². The SMILES string of the molecule is O=C(COCCC1CCCNC1)c1cccs1. The fraction of sp³-hybridized carbons (Fsp3) is 0.615. The number of ether oxygens (including phenoxy) is 1. The predicted molar refractivity (Wildman–Crippen MR) is 69.7 cm³/mol. The Bertz CT molecular complexity index is 331. The van der Waals surface area contributed by atoms with Crippen molar-refractivity contribution in [2.45, 2.75) is 19.3 Å². The first-order valence-electron chi connectivity index (χ1n) is 6.21. The zero-order valence-electron chi connectivity index (χ0n) is 9.98. The van der Waals surface area contributed by atoms with E-state index in [0.29, 0.717) is 6.61 Å². The zero-order valence-corrected chi connectivity index (χ0v) is 10.8. The first-order valence-corrected chi connectivity index (χ1v) is 7.09. The Labute approximate surface area is 106 Å². The molecule has 2 heterocycles. The van der Waals surface area contributed by atoms with Crippen molar-refractivity contribution in [1.82, 2.24) is 5.32 Å². The molecule has 1 N–H and O–H groups in total. The molecule has 1 fully saturated rings. The van der Waals surface area contributed by atoms with Crippen molar-refractivity contribution in [3.05, 3.63) is 22.4 Å². The Kier molecular flexibility index (Phi) is 5.16. The summed E-state index contributed by atoms with van der Waals surface area (Å²) < 4.78 is 5.45. The average molecular weight is 253 g/mol. The highest BCUT2D eigenvalue weighted by Gasteiger charge is 2.13. The normalized spacial score (nSPS) is 20.4. The summed E-state index contributed by atoms with van der Waals surface area (Å²) in [6, 6.07) is 3.74. The summed E-state index contributed by atoms with van der Waals surface area (Å²) in [5.41, 5.74) is 0. The lowest BCUT2D eigenvalue weighted by Crippen LogP contribution is -2.30. The first kappa shape index (κ1) is 12.7. The number of piperidine rings is 1. The van der Waals surface area contributed by atoms with Gasteiger partial charge in [0.2, 0.25) is 0 Å². The second kappa shape index (κ2) is 6.89. The molecular formula is C13H19NO2S. The highest BCUT2D eigenvalue weighted by Crippen LogP contribution is 2.14. The third-order valence-electron chi connectivity index (χ3n) is 3.10. The van der Waals surface area contributed by atoms with Gasteiger partial charge in [-0.25, -0.2) is 0 Å². The number of hydrogen-bond donors (Lipinski definition) is 1. The van der Waals surface area contributed by atoms with Gasteiger partial charge in [-0.3, -0.25) is 4.79 Å². The Morgan fingerprint density at radius 2 is 2.53 bits per heavy atom. The smallest absolute Gasteiger partial charge is 0.198 e. The van der Waals surface area contributed by atoms with Crippen LogP contribution in [0, 0.1) is 5.92 Å². The van der Waals surface area contributed by atoms with E-state index < -0.39 is 0 Å². The number of carbonyl (C=O) groups excluding carboxylic acids is 1. The van der Waals surface area contributed by atoms with Gasteiger partial charge in [-0.15, -0.1) is 11.3 Å². The largest absolute Gasteiger partial charge is 0.373 e. The Hall–Kier alpha value is -0.710. The summed E-state index contributed by atoms with van der Waals surface area (Å²) in [7, 11) is 0. The van der Waals surface area contributed by atoms with Gasteiger partial charge in [-0.1, -0.05) is 6.07 Å². The van der Waals surface area contributed by atoms with E-state index in [4.69, 9.17) is 4.74 Å². The molecule has 0 amide bonds. The van der Waals surface area contributed by atoms with Crippen LogP contribution >= 0.6 is 11.3 Å². The molecule has 2 rings (SSSR count). The summed E-state index contributed by atoms with van der Waals surface area (Å²) in [4.78, 5) is 12.4. The predicted octanol–water partition coefficient (Wildman–Crippen LogP) is 2.34. The van der Waals surface area contributed by atoms with Gasteiger partial charge >= 0.3 is 0 Å². The van der Waals surface area contributed by atoms with Gasteiger partial charge < -0.3 is 10.1 Å². The Balaban J connectivity index is 1.58. The van der Waals surface area contributed by atoms with E-state index >= 15 is 0 Å². The van der Waals surface area contributed by atoms with Gasteiger partial charge in [0.15, 0.2) is 5.78 Å². The van der Waals surface area contributed by atoms with Crippen molar-refractivity contribution in [1.29, 1.82) is 0 Å². The minimum Gasteiger partial charge on any atom is -0.373 e. The van der Waals surface area contributed by atoms with E-state index in [-0.39, 0.29) is 12.4 Å². The number of thiophene rings is 1. The minimum atomic E-state index is 0.0989. The van der Waals surface area contributed by atoms with Crippen LogP contribution < -0.4 is 5.32 Å². The van der Waals surface area contributed by atoms with Crippen molar-refractivity contribution < 1.29 is 9.53 Å². The van der Waals surface area contributed by atoms with Gasteiger partial charge in [0.25, 0.3) is 0 Å². The molecule has 1 aromatic heterocycles. The number of Topliss-reactive ketones (excluding diaryl/α,β-unsaturated/α-hetero) is 1. The third-order valence-corrected chi connectivity index (χ3v) is 4.01. The first-order chi connectivity index (χ1) is 8.36. The molecule has 1 saturated heterocycles. The molecule has 94 valence electrons. The van der Waals surface area contributed by atoms with E-state index in [1.165, 1.54) is 24.2 Å². The molecule has 3 nitrogen and oxygen atoms in total. The number of carbonyl (C=O) groups is 1. The lowest BCUT2D eigenvalue weighted by atomic mass is 9.97. The van der Waals surface area contributed by atoms with Crippen LogP contribution in [-0.2, 0) is 4.74 Å². The Morgan fingerprint density at radius 1 is 1.59 bits per heavy atom. The van der Waals surface area contributed by atoms with Crippen molar-refractivity contribution >= 4 is 17.1 Å². The van der Waals surface area contributed by atoms with E-state index in [0.717, 1.165) is 30.3 Å². The number of hydrogen-bond acceptors (Lipinski definition) is 4. The highest BCUT2D eigenvalue weighted by molar-refractivity contribution is 7.12. The maximum Gasteiger partial charge on any atom is 0.198 e. The maximum absolute atomic E-state index is 11.6. The van der Waals surface area contributed by atoms with Crippen LogP contribution in [0.3, 0.4) is 0 Å². The van der Waals surface area contributed by atoms with E-state index in [1.54, 1.807) is 0 Å². The lowest BCUT2D eigenvalue weighted by molar-refractivity contribution is 0.0729. The summed E-state index contributed by atoms with van der Waals surface area (Å²) in [5.74, 6) is 0.822. The molecule has 0 aliphatic carbocycles. The van der Waals surface area contributed by atoms with Gasteiger partial charge in [0.1, 0.15) is 6.61 Å². The summed E-state index contributed by atoms with van der Waals surface area (Å²) in [6.45, 7) is 3.17. The van der Waals surface area contributed by atoms with Crippen molar-refractivity contribution in [2.24, 2.45) is 5.92 Å². The van der Waals surface area contributed by atoms with Gasteiger partial charge in [-0.2, -0.15) is 0 Å². The minimum absolute atomic E-state index is 0.0989. The molecule has 0 spiro atoms. The number of ketones is 1. The maximum atomic E-state index is 11.6. The van der Waals surface area contributed by atoms with Crippen LogP contribution in [0.2, 0.25) is 0 Å². The second-order valence-corrected chi connectivity index (χ2v) is 5.40. The van der Waals surface area contributed by atoms with Crippen molar-refractivity contribution in [2.75, 3.05) is 26.3 Å². The average Bonchev–Trinajstić information content (AvgIpc) is 2.89. The molecule has 0 radical (unpaired) electrons. The third kappa shape index (κ3) is 4.22. The zero-order chi connectivity index (χ0) is 11.9. The van der Waals surface area contributed by atoms with Gasteiger partial charge in [0, 0.05) is 6.61 Å². The highest BCUT2D eigenvalue weighted by atomic mass is 32.1. The van der Waals surface area contributed by atoms with Gasteiger partial charge in [0.05, 0.1) is 4.88 Å². The fourth-order valence-electron chi connectivity index (χ4n) is 2.09. The van der Waals surface area contributed by atoms with Crippen molar-refractivity contribution in [3.8, 4) is 0 Å². The van der Waals surface area contributed by atoms with E-state index in [9.17, 15) is 4.79 Å². The molecule has 17 heavy (non-hydrogen) atoms. The molecular weight excluding hydrogens is 234 g/mol. The van der Waals surface area contributed by atoms with Crippen LogP contribution in [0.4, 0.5) is 0 Å². The van der Waals surface area contributed by atoms with Gasteiger partial charge in [-0.05, 0) is 49.7 Å². The topological polar surface area (TPSA) is 38.3 Å². The van der Waals surface area contributed by atoms with Crippen LogP contribution in [0.15, 0.2) is 17.5 Å². The van der Waals surface area contributed by atoms with E-state index in [2.05, 4.69) is 5.32 Å². The molecule has 1 unspecified atom stereocenters. The van der Waals surface area contributed by atoms with E-state index in [1.807, 2.05) is 17.5 Å². The van der Waals surface area contributed by atoms with Crippen LogP contribution in [-0.4, -0.2) is 32.1 Å². The monoisotopic (exact) mass is 253 g/mol. The molecule has 4 heteroatoms. The molecule has 0 aromatic carbocycles. The molecule has 0 bridgehead atoms. The number of nitrogens with one attached hydrogen (secondary N) is 1. The Morgan fingerprint density at radius 3 is 3.24 bits per heavy atom. The summed E-state index contributed by atoms with van der Waals surface area (Å²) in [6.07, 6.45) is 3.61. The second-order valence-electron chi connectivity index (χ2n) is 4.45. The quantitative estimate of drug-likeness (QED) is 0.624. The van der Waals surface area contributed by atoms with Crippen LogP contribution in [0.5, 0.6) is 0 Å². The standard InChI is InChI=1S/C13H19NO2S/c15-12(13-4-2-8-17-13)10-16-7-5-11-3-1-6-14-9-11/h2,4,8,11,14H,1,3,5-7,9-10H2.